The standard InChI is InChI=1S/C77H140O6/c1-4-7-10-13-16-19-22-25-28-30-32-34-36-38-39-40-42-43-45-47-49-52-55-58-61-64-67-70-76(79)82-73-74(72-81-75(78)69-66-63-60-57-54-51-27-24-21-18-15-12-9-6-3)83-77(80)71-68-65-62-59-56-53-50-48-46-44-41-37-35-33-31-29-26-23-20-17-14-11-8-5-2/h7,10,16,19,24-25,27-28,32,34,74H,4-6,8-9,11-15,17-18,20-23,26,29-31,33,35-73H2,1-3H3/b10-7-,19-16-,27-24-,28-25-,34-32-. The summed E-state index contributed by atoms with van der Waals surface area (Å²) in [6.45, 7) is 6.58. The molecule has 0 amide bonds. The third kappa shape index (κ3) is 69.8. The van der Waals surface area contributed by atoms with Crippen molar-refractivity contribution in [2.45, 2.75) is 399 Å². The zero-order valence-corrected chi connectivity index (χ0v) is 55.7. The van der Waals surface area contributed by atoms with Gasteiger partial charge in [0.05, 0.1) is 0 Å². The fraction of sp³-hybridized carbons (Fsp3) is 0.831. The smallest absolute Gasteiger partial charge is 0.306 e. The van der Waals surface area contributed by atoms with Gasteiger partial charge in [0.1, 0.15) is 13.2 Å². The monoisotopic (exact) mass is 1160 g/mol. The van der Waals surface area contributed by atoms with Crippen molar-refractivity contribution < 1.29 is 28.6 Å². The fourth-order valence-electron chi connectivity index (χ4n) is 11.0. The molecule has 1 atom stereocenters. The molecular weight excluding hydrogens is 1020 g/mol. The highest BCUT2D eigenvalue weighted by atomic mass is 16.6. The highest BCUT2D eigenvalue weighted by molar-refractivity contribution is 5.71. The highest BCUT2D eigenvalue weighted by Gasteiger charge is 2.19. The molecule has 0 aromatic carbocycles. The molecule has 0 rings (SSSR count). The van der Waals surface area contributed by atoms with E-state index in [0.29, 0.717) is 19.3 Å². The van der Waals surface area contributed by atoms with Crippen LogP contribution in [0, 0.1) is 0 Å². The average molecular weight is 1160 g/mol. The number of rotatable bonds is 68. The molecule has 0 aliphatic rings. The van der Waals surface area contributed by atoms with Gasteiger partial charge in [0, 0.05) is 19.3 Å². The van der Waals surface area contributed by atoms with Crippen LogP contribution in [0.3, 0.4) is 0 Å². The predicted octanol–water partition coefficient (Wildman–Crippen LogP) is 25.5. The molecule has 1 unspecified atom stereocenters. The number of carbonyl (C=O) groups excluding carboxylic acids is 3. The van der Waals surface area contributed by atoms with Crippen molar-refractivity contribution in [3.8, 4) is 0 Å². The van der Waals surface area contributed by atoms with Crippen LogP contribution in [-0.2, 0) is 28.6 Å². The van der Waals surface area contributed by atoms with Gasteiger partial charge in [0.25, 0.3) is 0 Å². The molecule has 0 saturated carbocycles. The summed E-state index contributed by atoms with van der Waals surface area (Å²) in [5.41, 5.74) is 0. The van der Waals surface area contributed by atoms with Crippen LogP contribution in [0.2, 0.25) is 0 Å². The summed E-state index contributed by atoms with van der Waals surface area (Å²) in [6, 6.07) is 0. The lowest BCUT2D eigenvalue weighted by Crippen LogP contribution is -2.30. The van der Waals surface area contributed by atoms with Gasteiger partial charge in [-0.3, -0.25) is 14.4 Å². The Kier molecular flexibility index (Phi) is 69.1. The zero-order valence-electron chi connectivity index (χ0n) is 55.7. The van der Waals surface area contributed by atoms with Crippen molar-refractivity contribution in [1.29, 1.82) is 0 Å². The minimum atomic E-state index is -0.777. The molecule has 0 heterocycles. The van der Waals surface area contributed by atoms with Crippen LogP contribution < -0.4 is 0 Å². The van der Waals surface area contributed by atoms with Gasteiger partial charge in [-0.25, -0.2) is 0 Å². The van der Waals surface area contributed by atoms with Crippen LogP contribution in [0.15, 0.2) is 60.8 Å². The fourth-order valence-corrected chi connectivity index (χ4v) is 11.0. The van der Waals surface area contributed by atoms with E-state index in [9.17, 15) is 14.4 Å². The van der Waals surface area contributed by atoms with Crippen molar-refractivity contribution in [2.75, 3.05) is 13.2 Å². The summed E-state index contributed by atoms with van der Waals surface area (Å²) >= 11 is 0. The Labute approximate surface area is 517 Å². The Bertz CT molecular complexity index is 1470. The topological polar surface area (TPSA) is 78.9 Å². The van der Waals surface area contributed by atoms with Crippen molar-refractivity contribution in [3.63, 3.8) is 0 Å². The first-order valence-corrected chi connectivity index (χ1v) is 36.8. The van der Waals surface area contributed by atoms with E-state index < -0.39 is 6.10 Å². The van der Waals surface area contributed by atoms with E-state index >= 15 is 0 Å². The van der Waals surface area contributed by atoms with Crippen molar-refractivity contribution >= 4 is 17.9 Å². The second kappa shape index (κ2) is 71.6. The highest BCUT2D eigenvalue weighted by Crippen LogP contribution is 2.19. The molecule has 0 aromatic heterocycles. The quantitative estimate of drug-likeness (QED) is 0.0261. The van der Waals surface area contributed by atoms with Crippen LogP contribution in [0.1, 0.15) is 393 Å². The molecule has 6 heteroatoms. The Hall–Kier alpha value is -2.89. The van der Waals surface area contributed by atoms with Gasteiger partial charge >= 0.3 is 17.9 Å². The van der Waals surface area contributed by atoms with Gasteiger partial charge in [-0.2, -0.15) is 0 Å². The van der Waals surface area contributed by atoms with Gasteiger partial charge in [0.2, 0.25) is 0 Å². The maximum Gasteiger partial charge on any atom is 0.306 e. The SMILES string of the molecule is CC/C=C\C/C=C\C/C=C\C/C=C\CCCCCCCCCCCCCCCCC(=O)OCC(COC(=O)CCCCCCC/C=C\CCCCCCC)OC(=O)CCCCCCCCCCCCCCCCCCCCCCCCCC. The molecule has 0 aromatic rings. The summed E-state index contributed by atoms with van der Waals surface area (Å²) in [6.07, 6.45) is 92.6. The summed E-state index contributed by atoms with van der Waals surface area (Å²) in [4.78, 5) is 38.5. The summed E-state index contributed by atoms with van der Waals surface area (Å²) < 4.78 is 17.0. The number of allylic oxidation sites excluding steroid dienone is 10. The predicted molar refractivity (Wildman–Crippen MR) is 362 cm³/mol. The van der Waals surface area contributed by atoms with E-state index in [0.717, 1.165) is 89.9 Å². The average Bonchev–Trinajstić information content (AvgIpc) is 3.50. The first-order chi connectivity index (χ1) is 41.0. The number of hydrogen-bond donors (Lipinski definition) is 0. The van der Waals surface area contributed by atoms with E-state index in [1.165, 1.54) is 263 Å². The molecule has 484 valence electrons. The maximum absolute atomic E-state index is 13.0. The van der Waals surface area contributed by atoms with Gasteiger partial charge in [-0.15, -0.1) is 0 Å². The summed E-state index contributed by atoms with van der Waals surface area (Å²) in [5.74, 6) is -0.853. The normalized spacial score (nSPS) is 12.4. The van der Waals surface area contributed by atoms with Crippen LogP contribution in [-0.4, -0.2) is 37.2 Å². The number of hydrogen-bond acceptors (Lipinski definition) is 6. The van der Waals surface area contributed by atoms with Gasteiger partial charge in [0.15, 0.2) is 6.10 Å². The minimum absolute atomic E-state index is 0.0721. The second-order valence-electron chi connectivity index (χ2n) is 24.8. The Morgan fingerprint density at radius 2 is 0.470 bits per heavy atom. The Balaban J connectivity index is 4.24. The molecule has 0 N–H and O–H groups in total. The third-order valence-corrected chi connectivity index (χ3v) is 16.5. The lowest BCUT2D eigenvalue weighted by Gasteiger charge is -2.18. The molecule has 0 radical (unpaired) electrons. The van der Waals surface area contributed by atoms with Gasteiger partial charge < -0.3 is 14.2 Å². The second-order valence-corrected chi connectivity index (χ2v) is 24.8. The van der Waals surface area contributed by atoms with E-state index in [2.05, 4.69) is 81.5 Å². The third-order valence-electron chi connectivity index (χ3n) is 16.5. The van der Waals surface area contributed by atoms with Gasteiger partial charge in [-0.1, -0.05) is 351 Å². The lowest BCUT2D eigenvalue weighted by atomic mass is 10.0. The molecule has 6 nitrogen and oxygen atoms in total. The number of ether oxygens (including phenoxy) is 3. The largest absolute Gasteiger partial charge is 0.462 e. The van der Waals surface area contributed by atoms with Crippen LogP contribution in [0.25, 0.3) is 0 Å². The molecular formula is C77H140O6. The molecule has 0 fully saturated rings. The first-order valence-electron chi connectivity index (χ1n) is 36.8. The number of unbranched alkanes of at least 4 members (excludes halogenated alkanes) is 47. The molecule has 0 bridgehead atoms. The van der Waals surface area contributed by atoms with Crippen LogP contribution in [0.5, 0.6) is 0 Å². The van der Waals surface area contributed by atoms with E-state index in [1.807, 2.05) is 0 Å². The Morgan fingerprint density at radius 1 is 0.253 bits per heavy atom. The summed E-state index contributed by atoms with van der Waals surface area (Å²) in [7, 11) is 0. The zero-order chi connectivity index (χ0) is 59.9. The van der Waals surface area contributed by atoms with E-state index in [1.54, 1.807) is 0 Å². The number of carbonyl (C=O) groups is 3. The first kappa shape index (κ1) is 80.1. The number of esters is 3. The summed E-state index contributed by atoms with van der Waals surface area (Å²) in [5, 5.41) is 0. The minimum Gasteiger partial charge on any atom is -0.462 e. The van der Waals surface area contributed by atoms with Crippen molar-refractivity contribution in [3.05, 3.63) is 60.8 Å². The molecule has 0 aliphatic heterocycles. The lowest BCUT2D eigenvalue weighted by molar-refractivity contribution is -0.167. The van der Waals surface area contributed by atoms with Crippen molar-refractivity contribution in [2.24, 2.45) is 0 Å². The van der Waals surface area contributed by atoms with Gasteiger partial charge in [-0.05, 0) is 83.5 Å². The van der Waals surface area contributed by atoms with Crippen LogP contribution in [0.4, 0.5) is 0 Å². The molecule has 0 spiro atoms. The molecule has 0 aliphatic carbocycles. The van der Waals surface area contributed by atoms with E-state index in [-0.39, 0.29) is 31.1 Å². The molecule has 83 heavy (non-hydrogen) atoms. The van der Waals surface area contributed by atoms with Crippen molar-refractivity contribution in [1.82, 2.24) is 0 Å². The van der Waals surface area contributed by atoms with Crippen LogP contribution >= 0.6 is 0 Å². The Morgan fingerprint density at radius 3 is 0.747 bits per heavy atom. The molecule has 0 saturated heterocycles. The maximum atomic E-state index is 13.0. The van der Waals surface area contributed by atoms with E-state index in [4.69, 9.17) is 14.2 Å².